The molecule has 1 heterocycles. The fourth-order valence-corrected chi connectivity index (χ4v) is 4.65. The largest absolute Gasteiger partial charge is 0.468 e. The van der Waals surface area contributed by atoms with Gasteiger partial charge in [-0.3, -0.25) is 4.79 Å². The highest BCUT2D eigenvalue weighted by atomic mass is 35.5. The topological polar surface area (TPSA) is 76.4 Å². The van der Waals surface area contributed by atoms with E-state index in [2.05, 4.69) is 5.32 Å². The van der Waals surface area contributed by atoms with Gasteiger partial charge in [-0.15, -0.1) is 0 Å². The quantitative estimate of drug-likeness (QED) is 0.563. The maximum Gasteiger partial charge on any atom is 0.224 e. The average molecular weight is 436 g/mol. The molecule has 0 unspecified atom stereocenters. The summed E-state index contributed by atoms with van der Waals surface area (Å²) in [4.78, 5) is 12.3. The molecule has 0 spiro atoms. The molecule has 3 rings (SSSR count). The molecule has 0 aliphatic carbocycles. The Kier molecular flexibility index (Phi) is 6.39. The lowest BCUT2D eigenvalue weighted by Gasteiger charge is -2.17. The number of carbonyl (C=O) groups excluding carboxylic acids is 1. The Morgan fingerprint density at radius 1 is 1.17 bits per heavy atom. The van der Waals surface area contributed by atoms with Gasteiger partial charge in [-0.2, -0.15) is 0 Å². The molecular formula is C21H19ClFNO4S. The fourth-order valence-electron chi connectivity index (χ4n) is 2.85. The minimum Gasteiger partial charge on any atom is -0.468 e. The van der Waals surface area contributed by atoms with Crippen molar-refractivity contribution in [3.63, 3.8) is 0 Å². The normalized spacial score (nSPS) is 12.5. The second kappa shape index (κ2) is 8.80. The van der Waals surface area contributed by atoms with Gasteiger partial charge in [-0.05, 0) is 60.5 Å². The van der Waals surface area contributed by atoms with Crippen molar-refractivity contribution in [1.29, 1.82) is 0 Å². The smallest absolute Gasteiger partial charge is 0.224 e. The number of hydrogen-bond acceptors (Lipinski definition) is 4. The van der Waals surface area contributed by atoms with E-state index in [0.717, 1.165) is 11.6 Å². The Balaban J connectivity index is 1.79. The highest BCUT2D eigenvalue weighted by Crippen LogP contribution is 2.30. The number of hydrogen-bond donors (Lipinski definition) is 1. The van der Waals surface area contributed by atoms with Crippen molar-refractivity contribution in [2.24, 2.45) is 0 Å². The van der Waals surface area contributed by atoms with Crippen LogP contribution in [0.25, 0.3) is 0 Å². The van der Waals surface area contributed by atoms with Gasteiger partial charge in [-0.1, -0.05) is 23.7 Å². The first-order valence-corrected chi connectivity index (χ1v) is 10.7. The van der Waals surface area contributed by atoms with Crippen LogP contribution in [0.5, 0.6) is 0 Å². The summed E-state index contributed by atoms with van der Waals surface area (Å²) in [5.74, 6) is -0.636. The zero-order chi connectivity index (χ0) is 21.0. The van der Waals surface area contributed by atoms with Crippen molar-refractivity contribution in [2.45, 2.75) is 23.5 Å². The van der Waals surface area contributed by atoms with E-state index in [1.807, 2.05) is 0 Å². The van der Waals surface area contributed by atoms with Gasteiger partial charge >= 0.3 is 0 Å². The minimum atomic E-state index is -3.93. The summed E-state index contributed by atoms with van der Waals surface area (Å²) in [7, 11) is -3.93. The lowest BCUT2D eigenvalue weighted by molar-refractivity contribution is -0.120. The number of furan rings is 1. The number of amides is 1. The number of sulfone groups is 1. The summed E-state index contributed by atoms with van der Waals surface area (Å²) in [6.45, 7) is 1.31. The molecule has 0 saturated carbocycles. The molecule has 1 atom stereocenters. The first kappa shape index (κ1) is 21.1. The van der Waals surface area contributed by atoms with Crippen LogP contribution in [-0.2, 0) is 21.1 Å². The molecule has 0 aliphatic rings. The van der Waals surface area contributed by atoms with E-state index in [-0.39, 0.29) is 35.1 Å². The molecule has 2 aromatic carbocycles. The Morgan fingerprint density at radius 2 is 1.90 bits per heavy atom. The van der Waals surface area contributed by atoms with Crippen molar-refractivity contribution < 1.29 is 22.0 Å². The number of halogens is 2. The summed E-state index contributed by atoms with van der Waals surface area (Å²) >= 11 is 5.84. The molecule has 1 N–H and O–H groups in total. The summed E-state index contributed by atoms with van der Waals surface area (Å²) < 4.78 is 45.2. The molecule has 0 aliphatic heterocycles. The van der Waals surface area contributed by atoms with Crippen molar-refractivity contribution in [3.05, 3.63) is 88.6 Å². The molecule has 1 aromatic heterocycles. The molecule has 3 aromatic rings. The number of carbonyl (C=O) groups is 1. The highest BCUT2D eigenvalue weighted by molar-refractivity contribution is 7.91. The van der Waals surface area contributed by atoms with Crippen molar-refractivity contribution in [3.8, 4) is 0 Å². The SMILES string of the molecule is Cc1cc(S(=O)(=O)[C@@H](CNC(=O)Cc2ccc(Cl)cc2)c2ccco2)ccc1F. The second-order valence-electron chi connectivity index (χ2n) is 6.57. The fraction of sp³-hybridized carbons (Fsp3) is 0.190. The van der Waals surface area contributed by atoms with E-state index in [0.29, 0.717) is 5.02 Å². The number of rotatable bonds is 7. The minimum absolute atomic E-state index is 0.0373. The number of benzene rings is 2. The van der Waals surface area contributed by atoms with Gasteiger partial charge in [0, 0.05) is 11.6 Å². The van der Waals surface area contributed by atoms with Gasteiger partial charge in [0.05, 0.1) is 17.6 Å². The van der Waals surface area contributed by atoms with E-state index < -0.39 is 20.9 Å². The Morgan fingerprint density at radius 3 is 2.52 bits per heavy atom. The summed E-state index contributed by atoms with van der Waals surface area (Å²) in [5.41, 5.74) is 0.967. The van der Waals surface area contributed by atoms with Crippen LogP contribution >= 0.6 is 11.6 Å². The van der Waals surface area contributed by atoms with Crippen LogP contribution < -0.4 is 5.32 Å². The Labute approximate surface area is 173 Å². The molecule has 0 radical (unpaired) electrons. The lowest BCUT2D eigenvalue weighted by Crippen LogP contribution is -2.32. The second-order valence-corrected chi connectivity index (χ2v) is 9.13. The highest BCUT2D eigenvalue weighted by Gasteiger charge is 2.32. The predicted molar refractivity (Wildman–Crippen MR) is 108 cm³/mol. The molecule has 5 nitrogen and oxygen atoms in total. The standard InChI is InChI=1S/C21H19ClFNO4S/c1-14-11-17(8-9-18(14)23)29(26,27)20(19-3-2-10-28-19)13-24-21(25)12-15-4-6-16(22)7-5-15/h2-11,20H,12-13H2,1H3,(H,24,25)/t20-/m0/s1. The van der Waals surface area contributed by atoms with Crippen LogP contribution in [-0.4, -0.2) is 20.9 Å². The van der Waals surface area contributed by atoms with Crippen molar-refractivity contribution in [1.82, 2.24) is 5.32 Å². The molecular weight excluding hydrogens is 417 g/mol. The van der Waals surface area contributed by atoms with Gasteiger partial charge < -0.3 is 9.73 Å². The third-order valence-corrected chi connectivity index (χ3v) is 6.77. The van der Waals surface area contributed by atoms with Crippen LogP contribution in [0.3, 0.4) is 0 Å². The average Bonchev–Trinajstić information content (AvgIpc) is 3.20. The number of aryl methyl sites for hydroxylation is 1. The third-order valence-electron chi connectivity index (χ3n) is 4.46. The van der Waals surface area contributed by atoms with Crippen LogP contribution in [0.2, 0.25) is 5.02 Å². The van der Waals surface area contributed by atoms with E-state index in [4.69, 9.17) is 16.0 Å². The number of nitrogens with one attached hydrogen (secondary N) is 1. The van der Waals surface area contributed by atoms with Crippen molar-refractivity contribution in [2.75, 3.05) is 6.54 Å². The molecule has 1 amide bonds. The Bertz CT molecular complexity index is 1100. The molecule has 29 heavy (non-hydrogen) atoms. The van der Waals surface area contributed by atoms with Gasteiger partial charge in [0.15, 0.2) is 9.84 Å². The first-order chi connectivity index (χ1) is 13.8. The zero-order valence-electron chi connectivity index (χ0n) is 15.6. The van der Waals surface area contributed by atoms with Gasteiger partial charge in [0.1, 0.15) is 16.8 Å². The van der Waals surface area contributed by atoms with E-state index >= 15 is 0 Å². The molecule has 8 heteroatoms. The summed E-state index contributed by atoms with van der Waals surface area (Å²) in [6, 6.07) is 13.5. The van der Waals surface area contributed by atoms with Gasteiger partial charge in [0.2, 0.25) is 5.91 Å². The summed E-state index contributed by atoms with van der Waals surface area (Å²) in [6.07, 6.45) is 1.45. The monoisotopic (exact) mass is 435 g/mol. The maximum absolute atomic E-state index is 13.6. The van der Waals surface area contributed by atoms with Gasteiger partial charge in [0.25, 0.3) is 0 Å². The van der Waals surface area contributed by atoms with E-state index in [1.165, 1.54) is 31.4 Å². The van der Waals surface area contributed by atoms with E-state index in [1.54, 1.807) is 30.3 Å². The van der Waals surface area contributed by atoms with Crippen LogP contribution in [0.4, 0.5) is 4.39 Å². The van der Waals surface area contributed by atoms with Gasteiger partial charge in [-0.25, -0.2) is 12.8 Å². The summed E-state index contributed by atoms with van der Waals surface area (Å²) in [5, 5.41) is 2.07. The maximum atomic E-state index is 13.6. The predicted octanol–water partition coefficient (Wildman–Crippen LogP) is 4.25. The van der Waals surface area contributed by atoms with Crippen LogP contribution in [0.15, 0.2) is 70.2 Å². The molecule has 0 fully saturated rings. The van der Waals surface area contributed by atoms with Crippen LogP contribution in [0, 0.1) is 12.7 Å². The molecule has 152 valence electrons. The third kappa shape index (κ3) is 5.05. The van der Waals surface area contributed by atoms with Crippen LogP contribution in [0.1, 0.15) is 22.1 Å². The Hall–Kier alpha value is -2.64. The van der Waals surface area contributed by atoms with Crippen molar-refractivity contribution >= 4 is 27.3 Å². The van der Waals surface area contributed by atoms with E-state index in [9.17, 15) is 17.6 Å². The first-order valence-electron chi connectivity index (χ1n) is 8.82. The molecule has 0 saturated heterocycles. The molecule has 0 bridgehead atoms. The lowest BCUT2D eigenvalue weighted by atomic mass is 10.1. The zero-order valence-corrected chi connectivity index (χ0v) is 17.1.